The van der Waals surface area contributed by atoms with Gasteiger partial charge >= 0.3 is 0 Å². The van der Waals surface area contributed by atoms with E-state index in [-0.39, 0.29) is 5.78 Å². The molecule has 5 heteroatoms. The molecule has 0 aliphatic carbocycles. The van der Waals surface area contributed by atoms with Gasteiger partial charge in [-0.25, -0.2) is 0 Å². The van der Waals surface area contributed by atoms with Gasteiger partial charge < -0.3 is 14.0 Å². The van der Waals surface area contributed by atoms with E-state index in [2.05, 4.69) is 16.7 Å². The molecule has 1 aliphatic heterocycles. The van der Waals surface area contributed by atoms with Crippen molar-refractivity contribution in [1.29, 1.82) is 0 Å². The Morgan fingerprint density at radius 3 is 2.48 bits per heavy atom. The third-order valence-corrected chi connectivity index (χ3v) is 5.22. The molecule has 0 bridgehead atoms. The molecular formula is C24H26N2O3. The second-order valence-electron chi connectivity index (χ2n) is 7.53. The van der Waals surface area contributed by atoms with Gasteiger partial charge in [-0.3, -0.25) is 9.69 Å². The van der Waals surface area contributed by atoms with E-state index in [1.165, 1.54) is 5.56 Å². The number of nitrogens with zero attached hydrogens (tertiary/aromatic N) is 2. The zero-order valence-electron chi connectivity index (χ0n) is 17.1. The summed E-state index contributed by atoms with van der Waals surface area (Å²) < 4.78 is 13.4. The summed E-state index contributed by atoms with van der Waals surface area (Å²) in [5.41, 5.74) is 4.90. The molecule has 0 saturated heterocycles. The lowest BCUT2D eigenvalue weighted by atomic mass is 10.1. The van der Waals surface area contributed by atoms with Gasteiger partial charge in [0.05, 0.1) is 6.54 Å². The first-order valence-corrected chi connectivity index (χ1v) is 9.87. The van der Waals surface area contributed by atoms with Crippen LogP contribution >= 0.6 is 0 Å². The molecule has 0 saturated carbocycles. The van der Waals surface area contributed by atoms with Crippen molar-refractivity contribution in [1.82, 2.24) is 9.47 Å². The average Bonchev–Trinajstić information content (AvgIpc) is 3.02. The number of likely N-dealkylation sites (N-methyl/N-ethyl adjacent to an activating group) is 1. The number of carbonyl (C=O) groups excluding carboxylic acids is 1. The van der Waals surface area contributed by atoms with Gasteiger partial charge in [-0.15, -0.1) is 0 Å². The van der Waals surface area contributed by atoms with Crippen LogP contribution in [0.15, 0.2) is 54.6 Å². The smallest absolute Gasteiger partial charge is 0.178 e. The highest BCUT2D eigenvalue weighted by atomic mass is 16.6. The van der Waals surface area contributed by atoms with Crippen molar-refractivity contribution in [2.75, 3.05) is 26.8 Å². The van der Waals surface area contributed by atoms with Crippen molar-refractivity contribution < 1.29 is 14.3 Å². The average molecular weight is 390 g/mol. The highest BCUT2D eigenvalue weighted by Crippen LogP contribution is 2.33. The first-order valence-electron chi connectivity index (χ1n) is 9.87. The van der Waals surface area contributed by atoms with Crippen LogP contribution in [0.1, 0.15) is 27.3 Å². The Balaban J connectivity index is 1.54. The minimum absolute atomic E-state index is 0.125. The van der Waals surface area contributed by atoms with Gasteiger partial charge in [0, 0.05) is 35.2 Å². The number of aromatic nitrogens is 1. The number of ether oxygens (including phenoxy) is 2. The molecular weight excluding hydrogens is 364 g/mol. The van der Waals surface area contributed by atoms with Gasteiger partial charge in [-0.2, -0.15) is 0 Å². The Bertz CT molecular complexity index is 1020. The van der Waals surface area contributed by atoms with E-state index in [0.29, 0.717) is 19.8 Å². The standard InChI is InChI=1S/C24H26N2O3/c1-17-13-21(22(27)16-25(3)15-19-7-5-4-6-8-19)18(2)26(17)20-9-10-23-24(14-20)29-12-11-28-23/h4-10,13-14H,11-12,15-16H2,1-3H3. The van der Waals surface area contributed by atoms with Crippen molar-refractivity contribution in [2.24, 2.45) is 0 Å². The van der Waals surface area contributed by atoms with Gasteiger partial charge in [-0.05, 0) is 44.7 Å². The minimum Gasteiger partial charge on any atom is -0.486 e. The quantitative estimate of drug-likeness (QED) is 0.592. The number of carbonyl (C=O) groups is 1. The van der Waals surface area contributed by atoms with Crippen molar-refractivity contribution >= 4 is 5.78 Å². The van der Waals surface area contributed by atoms with Crippen LogP contribution in [0.3, 0.4) is 0 Å². The van der Waals surface area contributed by atoms with Gasteiger partial charge in [0.2, 0.25) is 0 Å². The third-order valence-electron chi connectivity index (χ3n) is 5.22. The Morgan fingerprint density at radius 2 is 1.72 bits per heavy atom. The summed E-state index contributed by atoms with van der Waals surface area (Å²) >= 11 is 0. The lowest BCUT2D eigenvalue weighted by Gasteiger charge is -2.20. The molecule has 0 spiro atoms. The Labute approximate surface area is 171 Å². The van der Waals surface area contributed by atoms with Crippen LogP contribution in [0.2, 0.25) is 0 Å². The summed E-state index contributed by atoms with van der Waals surface area (Å²) in [4.78, 5) is 15.0. The monoisotopic (exact) mass is 390 g/mol. The highest BCUT2D eigenvalue weighted by molar-refractivity contribution is 5.99. The molecule has 0 N–H and O–H groups in total. The molecule has 0 fully saturated rings. The maximum atomic E-state index is 13.0. The molecule has 29 heavy (non-hydrogen) atoms. The van der Waals surface area contributed by atoms with E-state index in [1.807, 2.05) is 68.3 Å². The van der Waals surface area contributed by atoms with E-state index in [4.69, 9.17) is 9.47 Å². The summed E-state index contributed by atoms with van der Waals surface area (Å²) in [6.45, 7) is 6.26. The summed E-state index contributed by atoms with van der Waals surface area (Å²) in [7, 11) is 1.98. The third kappa shape index (κ3) is 4.05. The van der Waals surface area contributed by atoms with Crippen LogP contribution in [0.4, 0.5) is 0 Å². The van der Waals surface area contributed by atoms with E-state index in [9.17, 15) is 4.79 Å². The fourth-order valence-corrected chi connectivity index (χ4v) is 3.89. The van der Waals surface area contributed by atoms with Crippen LogP contribution in [-0.2, 0) is 6.54 Å². The fourth-order valence-electron chi connectivity index (χ4n) is 3.89. The van der Waals surface area contributed by atoms with Gasteiger partial charge in [0.1, 0.15) is 13.2 Å². The number of hydrogen-bond donors (Lipinski definition) is 0. The Kier molecular flexibility index (Phi) is 5.41. The zero-order valence-corrected chi connectivity index (χ0v) is 17.1. The molecule has 0 atom stereocenters. The molecule has 2 heterocycles. The second-order valence-corrected chi connectivity index (χ2v) is 7.53. The minimum atomic E-state index is 0.125. The first-order chi connectivity index (χ1) is 14.0. The van der Waals surface area contributed by atoms with Crippen molar-refractivity contribution in [3.8, 4) is 17.2 Å². The Hall–Kier alpha value is -3.05. The molecule has 0 radical (unpaired) electrons. The number of aryl methyl sites for hydroxylation is 1. The van der Waals surface area contributed by atoms with Crippen molar-refractivity contribution in [2.45, 2.75) is 20.4 Å². The summed E-state index contributed by atoms with van der Waals surface area (Å²) in [6, 6.07) is 18.1. The molecule has 0 unspecified atom stereocenters. The maximum absolute atomic E-state index is 13.0. The first kappa shape index (κ1) is 19.3. The zero-order chi connectivity index (χ0) is 20.4. The van der Waals surface area contributed by atoms with E-state index >= 15 is 0 Å². The van der Waals surface area contributed by atoms with Gasteiger partial charge in [0.25, 0.3) is 0 Å². The topological polar surface area (TPSA) is 43.7 Å². The summed E-state index contributed by atoms with van der Waals surface area (Å²) in [6.07, 6.45) is 0. The predicted molar refractivity (Wildman–Crippen MR) is 113 cm³/mol. The molecule has 150 valence electrons. The Morgan fingerprint density at radius 1 is 1.00 bits per heavy atom. The van der Waals surface area contributed by atoms with Crippen molar-refractivity contribution in [3.63, 3.8) is 0 Å². The molecule has 1 aromatic heterocycles. The largest absolute Gasteiger partial charge is 0.486 e. The number of ketones is 1. The lowest BCUT2D eigenvalue weighted by Crippen LogP contribution is -2.25. The van der Waals surface area contributed by atoms with Crippen LogP contribution in [0.25, 0.3) is 5.69 Å². The van der Waals surface area contributed by atoms with Gasteiger partial charge in [0.15, 0.2) is 17.3 Å². The van der Waals surface area contributed by atoms with Crippen molar-refractivity contribution in [3.05, 3.63) is 77.1 Å². The normalized spacial score (nSPS) is 13.0. The summed E-state index contributed by atoms with van der Waals surface area (Å²) in [5, 5.41) is 0. The van der Waals surface area contributed by atoms with Crippen LogP contribution in [0, 0.1) is 13.8 Å². The molecule has 2 aromatic carbocycles. The number of rotatable bonds is 6. The molecule has 4 rings (SSSR count). The summed E-state index contributed by atoms with van der Waals surface area (Å²) in [5.74, 6) is 1.64. The van der Waals surface area contributed by atoms with E-state index < -0.39 is 0 Å². The SMILES string of the molecule is Cc1cc(C(=O)CN(C)Cc2ccccc2)c(C)n1-c1ccc2c(c1)OCCO2. The van der Waals surface area contributed by atoms with Crippen LogP contribution in [0.5, 0.6) is 11.5 Å². The molecule has 3 aromatic rings. The number of fused-ring (bicyclic) bond motifs is 1. The lowest BCUT2D eigenvalue weighted by molar-refractivity contribution is 0.0942. The highest BCUT2D eigenvalue weighted by Gasteiger charge is 2.20. The number of hydrogen-bond acceptors (Lipinski definition) is 4. The van der Waals surface area contributed by atoms with Crippen LogP contribution < -0.4 is 9.47 Å². The fraction of sp³-hybridized carbons (Fsp3) is 0.292. The number of Topliss-reactive ketones (excluding diaryl/α,β-unsaturated/α-hetero) is 1. The molecule has 1 aliphatic rings. The predicted octanol–water partition coefficient (Wildman–Crippen LogP) is 4.18. The van der Waals surface area contributed by atoms with Crippen LogP contribution in [-0.4, -0.2) is 42.1 Å². The number of benzene rings is 2. The molecule has 5 nitrogen and oxygen atoms in total. The van der Waals surface area contributed by atoms with E-state index in [0.717, 1.165) is 40.7 Å². The molecule has 0 amide bonds. The van der Waals surface area contributed by atoms with Gasteiger partial charge in [-0.1, -0.05) is 30.3 Å². The maximum Gasteiger partial charge on any atom is 0.178 e. The van der Waals surface area contributed by atoms with E-state index in [1.54, 1.807) is 0 Å². The second kappa shape index (κ2) is 8.13.